The third-order valence-electron chi connectivity index (χ3n) is 15.9. The number of ether oxygens (including phenoxy) is 3. The third kappa shape index (κ3) is 5.08. The van der Waals surface area contributed by atoms with Gasteiger partial charge in [-0.15, -0.1) is 0 Å². The first kappa shape index (κ1) is 33.8. The van der Waals surface area contributed by atoms with Crippen LogP contribution in [0, 0.1) is 60.2 Å². The van der Waals surface area contributed by atoms with Crippen LogP contribution in [0.1, 0.15) is 113 Å². The van der Waals surface area contributed by atoms with Crippen LogP contribution in [0.15, 0.2) is 54.4 Å². The molecular formula is C45H59N2O4+. The van der Waals surface area contributed by atoms with Gasteiger partial charge in [0.05, 0.1) is 19.8 Å². The second kappa shape index (κ2) is 12.0. The number of aryl methyl sites for hydroxylation is 2. The lowest BCUT2D eigenvalue weighted by atomic mass is 9.46. The molecule has 0 unspecified atom stereocenters. The molecule has 2 aromatic carbocycles. The van der Waals surface area contributed by atoms with Crippen molar-refractivity contribution in [1.29, 1.82) is 0 Å². The number of hydrogen-bond donors (Lipinski definition) is 0. The Labute approximate surface area is 304 Å². The van der Waals surface area contributed by atoms with Gasteiger partial charge in [-0.3, -0.25) is 4.79 Å². The second-order valence-electron chi connectivity index (χ2n) is 18.4. The molecule has 0 N–H and O–H groups in total. The van der Waals surface area contributed by atoms with Crippen LogP contribution in [0.3, 0.4) is 0 Å². The van der Waals surface area contributed by atoms with Gasteiger partial charge in [-0.05, 0) is 147 Å². The average Bonchev–Trinajstić information content (AvgIpc) is 3.71. The molecule has 1 spiro atoms. The van der Waals surface area contributed by atoms with Gasteiger partial charge in [-0.1, -0.05) is 39.3 Å². The van der Waals surface area contributed by atoms with E-state index in [2.05, 4.69) is 75.2 Å². The smallest absolute Gasteiger partial charge is 0.245 e. The van der Waals surface area contributed by atoms with Gasteiger partial charge in [0.2, 0.25) is 12.1 Å². The van der Waals surface area contributed by atoms with Crippen molar-refractivity contribution in [3.05, 3.63) is 71.1 Å². The SMILES string of the molecule is COc1ccc(C(=O)C[n+]2cn([C@@H]3CC[C@@]4(C)C(=CC[C@H]5[C@@H]6C[C@@H]7O[C@]8(CC[C@@H](C)CO8)[C@@H](C)[C@@H]7[C@@]6(C)CC[C@@H]54)C3)c3cc(C)c(C)cc32)cc1. The molecule has 9 rings (SSSR count). The number of methoxy groups -OCH3 is 1. The van der Waals surface area contributed by atoms with E-state index in [1.54, 1.807) is 12.7 Å². The van der Waals surface area contributed by atoms with Crippen LogP contribution >= 0.6 is 0 Å². The monoisotopic (exact) mass is 691 g/mol. The van der Waals surface area contributed by atoms with Crippen molar-refractivity contribution in [1.82, 2.24) is 4.57 Å². The van der Waals surface area contributed by atoms with E-state index >= 15 is 0 Å². The predicted molar refractivity (Wildman–Crippen MR) is 200 cm³/mol. The molecule has 0 bridgehead atoms. The number of imidazole rings is 1. The van der Waals surface area contributed by atoms with Crippen LogP contribution in [0.25, 0.3) is 11.0 Å². The maximum atomic E-state index is 13.5. The Kier molecular flexibility index (Phi) is 7.98. The Hall–Kier alpha value is -2.96. The first-order valence-electron chi connectivity index (χ1n) is 20.1. The van der Waals surface area contributed by atoms with E-state index in [0.717, 1.165) is 54.0 Å². The quantitative estimate of drug-likeness (QED) is 0.152. The van der Waals surface area contributed by atoms with E-state index in [-0.39, 0.29) is 17.0 Å². The van der Waals surface area contributed by atoms with Gasteiger partial charge in [0.25, 0.3) is 0 Å². The number of fused-ring (bicyclic) bond motifs is 8. The normalized spacial score (nSPS) is 40.0. The molecule has 3 heterocycles. The third-order valence-corrected chi connectivity index (χ3v) is 15.9. The van der Waals surface area contributed by atoms with Gasteiger partial charge in [-0.25, -0.2) is 9.13 Å². The molecule has 4 aliphatic carbocycles. The zero-order chi connectivity index (χ0) is 35.4. The molecule has 51 heavy (non-hydrogen) atoms. The summed E-state index contributed by atoms with van der Waals surface area (Å²) in [7, 11) is 1.66. The van der Waals surface area contributed by atoms with Crippen molar-refractivity contribution in [3.63, 3.8) is 0 Å². The standard InChI is InChI=1S/C45H59N2O4/c1-27-14-19-45(50-25-27)30(4)42-41(51-45)23-37-35-13-10-32-22-33(15-17-43(32,5)36(35)16-18-44(37,42)6)47-26-46(38-20-28(2)29(3)21-39(38)47)24-40(48)31-8-11-34(49-7)12-9-31/h8-12,20-21,26-27,30,33,35-37,41-42H,13-19,22-25H2,1-7H3/q+1/t27-,30+,33-,35-,36+,37+,41+,42+,43+,44+,45-/m1/s1. The first-order valence-corrected chi connectivity index (χ1v) is 20.1. The summed E-state index contributed by atoms with van der Waals surface area (Å²) >= 11 is 0. The Morgan fingerprint density at radius 1 is 1.00 bits per heavy atom. The minimum Gasteiger partial charge on any atom is -0.497 e. The van der Waals surface area contributed by atoms with E-state index in [1.165, 1.54) is 61.6 Å². The largest absolute Gasteiger partial charge is 0.497 e. The van der Waals surface area contributed by atoms with Crippen molar-refractivity contribution in [3.8, 4) is 5.75 Å². The van der Waals surface area contributed by atoms with Gasteiger partial charge in [0.1, 0.15) is 11.8 Å². The van der Waals surface area contributed by atoms with Crippen molar-refractivity contribution in [2.75, 3.05) is 13.7 Å². The Bertz CT molecular complexity index is 1880. The van der Waals surface area contributed by atoms with Crippen LogP contribution in [-0.2, 0) is 16.0 Å². The van der Waals surface area contributed by atoms with E-state index in [4.69, 9.17) is 14.2 Å². The van der Waals surface area contributed by atoms with Gasteiger partial charge in [0.15, 0.2) is 23.4 Å². The maximum absolute atomic E-state index is 13.5. The second-order valence-corrected chi connectivity index (χ2v) is 18.4. The Morgan fingerprint density at radius 2 is 1.78 bits per heavy atom. The molecule has 2 saturated heterocycles. The molecule has 11 atom stereocenters. The number of carbonyl (C=O) groups excluding carboxylic acids is 1. The number of nitrogens with zero attached hydrogens (tertiary/aromatic N) is 2. The Morgan fingerprint density at radius 3 is 2.53 bits per heavy atom. The van der Waals surface area contributed by atoms with Crippen LogP contribution in [0.4, 0.5) is 0 Å². The van der Waals surface area contributed by atoms with Crippen LogP contribution in [0.5, 0.6) is 5.75 Å². The summed E-state index contributed by atoms with van der Waals surface area (Å²) < 4.78 is 23.7. The molecular weight excluding hydrogens is 633 g/mol. The minimum atomic E-state index is -0.336. The molecule has 1 aromatic heterocycles. The van der Waals surface area contributed by atoms with Gasteiger partial charge in [0, 0.05) is 24.3 Å². The molecule has 3 aromatic rings. The number of rotatable bonds is 5. The Balaban J connectivity index is 0.968. The van der Waals surface area contributed by atoms with Crippen molar-refractivity contribution >= 4 is 16.8 Å². The predicted octanol–water partition coefficient (Wildman–Crippen LogP) is 9.34. The van der Waals surface area contributed by atoms with E-state index in [0.29, 0.717) is 41.9 Å². The summed E-state index contributed by atoms with van der Waals surface area (Å²) in [4.78, 5) is 13.5. The lowest BCUT2D eigenvalue weighted by Gasteiger charge is -2.58. The lowest BCUT2D eigenvalue weighted by molar-refractivity contribution is -0.658. The molecule has 272 valence electrons. The zero-order valence-corrected chi connectivity index (χ0v) is 32.0. The summed E-state index contributed by atoms with van der Waals surface area (Å²) in [5.74, 6) is 4.53. The lowest BCUT2D eigenvalue weighted by Crippen LogP contribution is -2.52. The highest BCUT2D eigenvalue weighted by Gasteiger charge is 2.68. The van der Waals surface area contributed by atoms with Gasteiger partial charge in [-0.2, -0.15) is 0 Å². The molecule has 2 aliphatic heterocycles. The fourth-order valence-corrected chi connectivity index (χ4v) is 12.8. The van der Waals surface area contributed by atoms with Crippen LogP contribution in [-0.4, -0.2) is 36.0 Å². The summed E-state index contributed by atoms with van der Waals surface area (Å²) in [5.41, 5.74) is 7.99. The van der Waals surface area contributed by atoms with Gasteiger partial charge >= 0.3 is 0 Å². The number of ketones is 1. The number of carbonyl (C=O) groups is 1. The molecule has 6 heteroatoms. The van der Waals surface area contributed by atoms with Crippen LogP contribution in [0.2, 0.25) is 0 Å². The highest BCUT2D eigenvalue weighted by molar-refractivity contribution is 5.95. The zero-order valence-electron chi connectivity index (χ0n) is 32.0. The van der Waals surface area contributed by atoms with Crippen molar-refractivity contribution in [2.24, 2.45) is 46.3 Å². The fourth-order valence-electron chi connectivity index (χ4n) is 12.8. The molecule has 5 fully saturated rings. The summed E-state index contributed by atoms with van der Waals surface area (Å²) in [6.45, 7) is 15.6. The summed E-state index contributed by atoms with van der Waals surface area (Å²) in [6, 6.07) is 12.5. The van der Waals surface area contributed by atoms with E-state index in [9.17, 15) is 4.79 Å². The average molecular weight is 692 g/mol. The summed E-state index contributed by atoms with van der Waals surface area (Å²) in [6.07, 6.45) is 16.2. The molecule has 0 amide bonds. The first-order chi connectivity index (χ1) is 24.4. The number of aromatic nitrogens is 2. The molecule has 0 radical (unpaired) electrons. The van der Waals surface area contributed by atoms with Crippen LogP contribution < -0.4 is 9.30 Å². The number of Topliss-reactive ketones (excluding diaryl/α,β-unsaturated/α-hetero) is 1. The number of allylic oxidation sites excluding steroid dienone is 2. The van der Waals surface area contributed by atoms with Crippen molar-refractivity contribution < 1.29 is 23.6 Å². The highest BCUT2D eigenvalue weighted by atomic mass is 16.7. The van der Waals surface area contributed by atoms with Gasteiger partial charge < -0.3 is 14.2 Å². The van der Waals surface area contributed by atoms with Crippen molar-refractivity contribution in [2.45, 2.75) is 124 Å². The number of benzene rings is 2. The minimum absolute atomic E-state index is 0.119. The highest BCUT2D eigenvalue weighted by Crippen LogP contribution is 2.71. The molecule has 6 nitrogen and oxygen atoms in total. The maximum Gasteiger partial charge on any atom is 0.245 e. The molecule has 6 aliphatic rings. The topological polar surface area (TPSA) is 53.6 Å². The number of hydrogen-bond acceptors (Lipinski definition) is 4. The molecule has 3 saturated carbocycles. The summed E-state index contributed by atoms with van der Waals surface area (Å²) in [5, 5.41) is 0. The fraction of sp³-hybridized carbons (Fsp3) is 0.644. The van der Waals surface area contributed by atoms with E-state index < -0.39 is 0 Å². The van der Waals surface area contributed by atoms with E-state index in [1.807, 2.05) is 24.3 Å².